The third kappa shape index (κ3) is 4.32. The van der Waals surface area contributed by atoms with Crippen molar-refractivity contribution in [2.75, 3.05) is 11.9 Å². The molecule has 0 aliphatic heterocycles. The topological polar surface area (TPSA) is 85.6 Å². The molecule has 8 heteroatoms. The van der Waals surface area contributed by atoms with Gasteiger partial charge in [0, 0.05) is 11.1 Å². The van der Waals surface area contributed by atoms with Gasteiger partial charge < -0.3 is 14.5 Å². The van der Waals surface area contributed by atoms with Gasteiger partial charge in [-0.2, -0.15) is 0 Å². The summed E-state index contributed by atoms with van der Waals surface area (Å²) < 4.78 is 23.9. The summed E-state index contributed by atoms with van der Waals surface area (Å²) in [6, 6.07) is 9.62. The summed E-state index contributed by atoms with van der Waals surface area (Å²) in [5, 5.41) is 2.86. The predicted octanol–water partition coefficient (Wildman–Crippen LogP) is 3.69. The monoisotopic (exact) mass is 389 g/mol. The SMILES string of the molecule is Cc1ccc(NC(=O)COC(=O)c2cc(=O)c3cc(Cl)ccc3o2)c(F)c1. The number of amides is 1. The molecule has 0 saturated carbocycles. The van der Waals surface area contributed by atoms with Gasteiger partial charge in [-0.05, 0) is 42.8 Å². The van der Waals surface area contributed by atoms with Crippen LogP contribution in [0.25, 0.3) is 11.0 Å². The van der Waals surface area contributed by atoms with Gasteiger partial charge in [0.1, 0.15) is 11.4 Å². The number of rotatable bonds is 4. The third-order valence-corrected chi connectivity index (χ3v) is 3.86. The van der Waals surface area contributed by atoms with Crippen molar-refractivity contribution in [3.63, 3.8) is 0 Å². The molecule has 2 aromatic carbocycles. The third-order valence-electron chi connectivity index (χ3n) is 3.62. The molecule has 3 rings (SSSR count). The van der Waals surface area contributed by atoms with Gasteiger partial charge in [-0.1, -0.05) is 17.7 Å². The lowest BCUT2D eigenvalue weighted by Crippen LogP contribution is -2.22. The molecule has 0 radical (unpaired) electrons. The van der Waals surface area contributed by atoms with E-state index in [2.05, 4.69) is 5.32 Å². The molecular weight excluding hydrogens is 377 g/mol. The second-order valence-corrected chi connectivity index (χ2v) is 6.16. The van der Waals surface area contributed by atoms with Gasteiger partial charge in [0.15, 0.2) is 12.0 Å². The number of hydrogen-bond acceptors (Lipinski definition) is 5. The van der Waals surface area contributed by atoms with Crippen LogP contribution in [0.15, 0.2) is 51.7 Å². The molecular formula is C19H13ClFNO5. The van der Waals surface area contributed by atoms with Crippen molar-refractivity contribution < 1.29 is 23.1 Å². The maximum atomic E-state index is 13.7. The van der Waals surface area contributed by atoms with Crippen LogP contribution in [0.3, 0.4) is 0 Å². The fourth-order valence-electron chi connectivity index (χ4n) is 2.34. The number of aryl methyl sites for hydroxylation is 1. The smallest absolute Gasteiger partial charge is 0.374 e. The van der Waals surface area contributed by atoms with E-state index in [1.54, 1.807) is 13.0 Å². The zero-order valence-electron chi connectivity index (χ0n) is 14.0. The maximum absolute atomic E-state index is 13.7. The Labute approximate surface area is 157 Å². The number of carbonyl (C=O) groups is 2. The second kappa shape index (κ2) is 7.59. The molecule has 6 nitrogen and oxygen atoms in total. The average Bonchev–Trinajstić information content (AvgIpc) is 2.62. The van der Waals surface area contributed by atoms with E-state index in [1.165, 1.54) is 30.3 Å². The van der Waals surface area contributed by atoms with E-state index < -0.39 is 29.7 Å². The number of benzene rings is 2. The minimum absolute atomic E-state index is 0.0317. The van der Waals surface area contributed by atoms with Crippen LogP contribution >= 0.6 is 11.6 Å². The number of anilines is 1. The first-order valence-corrected chi connectivity index (χ1v) is 8.18. The van der Waals surface area contributed by atoms with Crippen LogP contribution in [0.5, 0.6) is 0 Å². The molecule has 0 unspecified atom stereocenters. The second-order valence-electron chi connectivity index (χ2n) is 5.72. The average molecular weight is 390 g/mol. The molecule has 138 valence electrons. The van der Waals surface area contributed by atoms with Crippen molar-refractivity contribution in [2.45, 2.75) is 6.92 Å². The van der Waals surface area contributed by atoms with Crippen LogP contribution in [-0.4, -0.2) is 18.5 Å². The summed E-state index contributed by atoms with van der Waals surface area (Å²) in [4.78, 5) is 35.9. The van der Waals surface area contributed by atoms with Gasteiger partial charge in [0.2, 0.25) is 5.76 Å². The fraction of sp³-hybridized carbons (Fsp3) is 0.105. The molecule has 0 aliphatic rings. The molecule has 0 atom stereocenters. The Bertz CT molecular complexity index is 1110. The molecule has 0 bridgehead atoms. The van der Waals surface area contributed by atoms with E-state index >= 15 is 0 Å². The Morgan fingerprint density at radius 2 is 1.96 bits per heavy atom. The van der Waals surface area contributed by atoms with Crippen LogP contribution < -0.4 is 10.7 Å². The maximum Gasteiger partial charge on any atom is 0.374 e. The Hall–Kier alpha value is -3.19. The highest BCUT2D eigenvalue weighted by molar-refractivity contribution is 6.31. The molecule has 0 aliphatic carbocycles. The minimum Gasteiger partial charge on any atom is -0.450 e. The molecule has 0 spiro atoms. The minimum atomic E-state index is -0.997. The zero-order chi connectivity index (χ0) is 19.6. The molecule has 1 aromatic heterocycles. The molecule has 0 saturated heterocycles. The highest BCUT2D eigenvalue weighted by Gasteiger charge is 2.16. The number of ether oxygens (including phenoxy) is 1. The lowest BCUT2D eigenvalue weighted by atomic mass is 10.2. The van der Waals surface area contributed by atoms with Crippen molar-refractivity contribution in [3.8, 4) is 0 Å². The van der Waals surface area contributed by atoms with Crippen molar-refractivity contribution in [2.24, 2.45) is 0 Å². The van der Waals surface area contributed by atoms with Crippen LogP contribution in [0.1, 0.15) is 16.1 Å². The van der Waals surface area contributed by atoms with Crippen LogP contribution in [0.4, 0.5) is 10.1 Å². The normalized spacial score (nSPS) is 10.6. The Morgan fingerprint density at radius 3 is 2.70 bits per heavy atom. The standard InChI is InChI=1S/C19H13ClFNO5/c1-10-2-4-14(13(21)6-10)22-18(24)9-26-19(25)17-8-15(23)12-7-11(20)3-5-16(12)27-17/h2-8H,9H2,1H3,(H,22,24). The van der Waals surface area contributed by atoms with Crippen molar-refractivity contribution >= 4 is 40.1 Å². The predicted molar refractivity (Wildman–Crippen MR) is 97.5 cm³/mol. The summed E-state index contributed by atoms with van der Waals surface area (Å²) in [6.07, 6.45) is 0. The molecule has 1 amide bonds. The Kier molecular flexibility index (Phi) is 5.23. The molecule has 1 heterocycles. The number of fused-ring (bicyclic) bond motifs is 1. The molecule has 27 heavy (non-hydrogen) atoms. The van der Waals surface area contributed by atoms with Crippen molar-refractivity contribution in [3.05, 3.63) is 74.9 Å². The number of nitrogens with one attached hydrogen (secondary N) is 1. The van der Waals surface area contributed by atoms with Gasteiger partial charge in [0.25, 0.3) is 5.91 Å². The van der Waals surface area contributed by atoms with Gasteiger partial charge in [-0.25, -0.2) is 9.18 Å². The lowest BCUT2D eigenvalue weighted by molar-refractivity contribution is -0.119. The van der Waals surface area contributed by atoms with Gasteiger partial charge >= 0.3 is 5.97 Å². The summed E-state index contributed by atoms with van der Waals surface area (Å²) in [7, 11) is 0. The van der Waals surface area contributed by atoms with Crippen LogP contribution in [0, 0.1) is 12.7 Å². The highest BCUT2D eigenvalue weighted by atomic mass is 35.5. The van der Waals surface area contributed by atoms with Gasteiger partial charge in [-0.15, -0.1) is 0 Å². The quantitative estimate of drug-likeness (QED) is 0.688. The van der Waals surface area contributed by atoms with E-state index in [0.717, 1.165) is 6.07 Å². The summed E-state index contributed by atoms with van der Waals surface area (Å²) in [5.41, 5.74) is 0.349. The van der Waals surface area contributed by atoms with E-state index in [9.17, 15) is 18.8 Å². The van der Waals surface area contributed by atoms with Crippen molar-refractivity contribution in [1.29, 1.82) is 0 Å². The molecule has 3 aromatic rings. The highest BCUT2D eigenvalue weighted by Crippen LogP contribution is 2.18. The molecule has 0 fully saturated rings. The summed E-state index contributed by atoms with van der Waals surface area (Å²) in [5.74, 6) is -2.69. The number of halogens is 2. The largest absolute Gasteiger partial charge is 0.450 e. The van der Waals surface area contributed by atoms with E-state index in [4.69, 9.17) is 20.8 Å². The van der Waals surface area contributed by atoms with E-state index in [-0.39, 0.29) is 22.4 Å². The van der Waals surface area contributed by atoms with Crippen LogP contribution in [-0.2, 0) is 9.53 Å². The summed E-state index contributed by atoms with van der Waals surface area (Å²) >= 11 is 5.82. The van der Waals surface area contributed by atoms with Crippen molar-refractivity contribution in [1.82, 2.24) is 0 Å². The van der Waals surface area contributed by atoms with Gasteiger partial charge in [-0.3, -0.25) is 9.59 Å². The Morgan fingerprint density at radius 1 is 1.19 bits per heavy atom. The number of hydrogen-bond donors (Lipinski definition) is 1. The van der Waals surface area contributed by atoms with Crippen LogP contribution in [0.2, 0.25) is 5.02 Å². The summed E-state index contributed by atoms with van der Waals surface area (Å²) in [6.45, 7) is 1.04. The number of carbonyl (C=O) groups excluding carboxylic acids is 2. The Balaban J connectivity index is 1.68. The van der Waals surface area contributed by atoms with E-state index in [0.29, 0.717) is 10.6 Å². The molecule has 1 N–H and O–H groups in total. The van der Waals surface area contributed by atoms with Gasteiger partial charge in [0.05, 0.1) is 11.1 Å². The lowest BCUT2D eigenvalue weighted by Gasteiger charge is -2.08. The van der Waals surface area contributed by atoms with E-state index in [1.807, 2.05) is 0 Å². The number of esters is 1. The zero-order valence-corrected chi connectivity index (χ0v) is 14.8. The first kappa shape index (κ1) is 18.6. The first-order valence-electron chi connectivity index (χ1n) is 7.80. The first-order chi connectivity index (χ1) is 12.8. The fourth-order valence-corrected chi connectivity index (χ4v) is 2.51.